The van der Waals surface area contributed by atoms with E-state index in [1.54, 1.807) is 6.92 Å². The standard InChI is InChI=1S/C27H39BN2O6/c1-9-23(27(5,6)7)30(26(32)20-15-17(2)14-18(3)16-20)29-25(31)21-10-11-22(28(33)34)24(19(21)4)36-13-12-35-8/h10-11,14-16,23,33-34H,9,12-13H2,1-8H3,(H,29,31)/t23-/m1/s1. The number of aryl methyl sites for hydroxylation is 2. The lowest BCUT2D eigenvalue weighted by molar-refractivity contribution is 0.0284. The summed E-state index contributed by atoms with van der Waals surface area (Å²) in [4.78, 5) is 27.3. The van der Waals surface area contributed by atoms with Gasteiger partial charge in [-0.3, -0.25) is 15.0 Å². The van der Waals surface area contributed by atoms with Crippen molar-refractivity contribution in [2.45, 2.75) is 60.9 Å². The van der Waals surface area contributed by atoms with Gasteiger partial charge in [0.15, 0.2) is 0 Å². The van der Waals surface area contributed by atoms with Crippen LogP contribution in [0.25, 0.3) is 0 Å². The summed E-state index contributed by atoms with van der Waals surface area (Å²) < 4.78 is 10.7. The molecule has 0 aliphatic rings. The predicted octanol–water partition coefficient (Wildman–Crippen LogP) is 2.93. The van der Waals surface area contributed by atoms with Crippen LogP contribution in [0.15, 0.2) is 30.3 Å². The van der Waals surface area contributed by atoms with Gasteiger partial charge in [-0.15, -0.1) is 0 Å². The Kier molecular flexibility index (Phi) is 10.1. The van der Waals surface area contributed by atoms with Gasteiger partial charge in [0.2, 0.25) is 0 Å². The molecular formula is C27H39BN2O6. The molecule has 2 amide bonds. The average Bonchev–Trinajstić information content (AvgIpc) is 2.77. The van der Waals surface area contributed by atoms with Crippen molar-refractivity contribution in [2.24, 2.45) is 5.41 Å². The summed E-state index contributed by atoms with van der Waals surface area (Å²) >= 11 is 0. The van der Waals surface area contributed by atoms with E-state index in [0.717, 1.165) is 11.1 Å². The number of carbonyl (C=O) groups is 2. The number of methoxy groups -OCH3 is 1. The first kappa shape index (κ1) is 29.4. The molecule has 0 saturated heterocycles. The Labute approximate surface area is 214 Å². The minimum atomic E-state index is -1.77. The van der Waals surface area contributed by atoms with Crippen molar-refractivity contribution in [3.05, 3.63) is 58.1 Å². The van der Waals surface area contributed by atoms with E-state index in [2.05, 4.69) is 5.43 Å². The predicted molar refractivity (Wildman–Crippen MR) is 141 cm³/mol. The normalized spacial score (nSPS) is 12.2. The summed E-state index contributed by atoms with van der Waals surface area (Å²) in [6.07, 6.45) is 0.625. The van der Waals surface area contributed by atoms with Crippen molar-refractivity contribution in [3.63, 3.8) is 0 Å². The molecular weight excluding hydrogens is 459 g/mol. The first-order valence-corrected chi connectivity index (χ1v) is 12.2. The molecule has 0 spiro atoms. The Bertz CT molecular complexity index is 1060. The fraction of sp³-hybridized carbons (Fsp3) is 0.481. The highest BCUT2D eigenvalue weighted by atomic mass is 16.5. The van der Waals surface area contributed by atoms with Crippen LogP contribution in [0, 0.1) is 26.2 Å². The summed E-state index contributed by atoms with van der Waals surface area (Å²) in [6.45, 7) is 14.0. The highest BCUT2D eigenvalue weighted by Gasteiger charge is 2.35. The number of rotatable bonds is 9. The molecule has 0 bridgehead atoms. The maximum absolute atomic E-state index is 13.7. The smallest absolute Gasteiger partial charge is 0.491 e. The monoisotopic (exact) mass is 498 g/mol. The molecule has 0 aliphatic heterocycles. The SMILES string of the molecule is CC[C@@H](N(NC(=O)c1ccc(B(O)O)c(OCCOC)c1C)C(=O)c1cc(C)cc(C)c1)C(C)(C)C. The van der Waals surface area contributed by atoms with Crippen molar-refractivity contribution >= 4 is 24.4 Å². The third-order valence-corrected chi connectivity index (χ3v) is 6.10. The molecule has 196 valence electrons. The molecule has 9 heteroatoms. The molecule has 0 heterocycles. The van der Waals surface area contributed by atoms with Gasteiger partial charge in [-0.2, -0.15) is 0 Å². The fourth-order valence-corrected chi connectivity index (χ4v) is 4.44. The Morgan fingerprint density at radius 2 is 1.67 bits per heavy atom. The van der Waals surface area contributed by atoms with Crippen LogP contribution < -0.4 is 15.6 Å². The van der Waals surface area contributed by atoms with Gasteiger partial charge in [0.25, 0.3) is 11.8 Å². The quantitative estimate of drug-likeness (QED) is 0.279. The lowest BCUT2D eigenvalue weighted by atomic mass is 9.78. The average molecular weight is 498 g/mol. The van der Waals surface area contributed by atoms with Crippen molar-refractivity contribution in [3.8, 4) is 5.75 Å². The number of nitrogens with zero attached hydrogens (tertiary/aromatic N) is 1. The molecule has 2 aromatic rings. The molecule has 0 saturated carbocycles. The third kappa shape index (κ3) is 7.09. The van der Waals surface area contributed by atoms with Crippen molar-refractivity contribution in [2.75, 3.05) is 20.3 Å². The van der Waals surface area contributed by atoms with Crippen LogP contribution in [-0.2, 0) is 4.74 Å². The molecule has 8 nitrogen and oxygen atoms in total. The molecule has 0 radical (unpaired) electrons. The van der Waals surface area contributed by atoms with Crippen LogP contribution in [0.3, 0.4) is 0 Å². The van der Waals surface area contributed by atoms with Gasteiger partial charge < -0.3 is 19.5 Å². The number of hydrogen-bond acceptors (Lipinski definition) is 6. The first-order valence-electron chi connectivity index (χ1n) is 12.2. The number of hydrazine groups is 1. The van der Waals surface area contributed by atoms with Crippen LogP contribution in [0.2, 0.25) is 0 Å². The van der Waals surface area contributed by atoms with E-state index in [-0.39, 0.29) is 40.7 Å². The van der Waals surface area contributed by atoms with E-state index in [9.17, 15) is 19.6 Å². The van der Waals surface area contributed by atoms with Gasteiger partial charge in [0, 0.05) is 29.3 Å². The highest BCUT2D eigenvalue weighted by Crippen LogP contribution is 2.28. The van der Waals surface area contributed by atoms with Crippen LogP contribution in [0.4, 0.5) is 0 Å². The van der Waals surface area contributed by atoms with Gasteiger partial charge in [-0.1, -0.05) is 51.0 Å². The number of amides is 2. The molecule has 2 aromatic carbocycles. The van der Waals surface area contributed by atoms with E-state index in [1.807, 2.05) is 59.7 Å². The van der Waals surface area contributed by atoms with Crippen LogP contribution in [-0.4, -0.2) is 60.4 Å². The Hall–Kier alpha value is -2.88. The molecule has 0 aromatic heterocycles. The Morgan fingerprint density at radius 3 is 2.17 bits per heavy atom. The van der Waals surface area contributed by atoms with E-state index >= 15 is 0 Å². The van der Waals surface area contributed by atoms with Gasteiger partial charge in [0.05, 0.1) is 12.6 Å². The van der Waals surface area contributed by atoms with Crippen molar-refractivity contribution in [1.82, 2.24) is 10.4 Å². The molecule has 0 unspecified atom stereocenters. The van der Waals surface area contributed by atoms with Gasteiger partial charge >= 0.3 is 7.12 Å². The van der Waals surface area contributed by atoms with Crippen molar-refractivity contribution < 1.29 is 29.1 Å². The van der Waals surface area contributed by atoms with Gasteiger partial charge in [-0.05, 0) is 50.8 Å². The first-order chi connectivity index (χ1) is 16.8. The van der Waals surface area contributed by atoms with Crippen LogP contribution in [0.1, 0.15) is 71.5 Å². The van der Waals surface area contributed by atoms with E-state index in [0.29, 0.717) is 24.2 Å². The molecule has 3 N–H and O–H groups in total. The van der Waals surface area contributed by atoms with Gasteiger partial charge in [0.1, 0.15) is 12.4 Å². The fourth-order valence-electron chi connectivity index (χ4n) is 4.44. The number of ether oxygens (including phenoxy) is 2. The molecule has 0 aliphatic carbocycles. The second-order valence-electron chi connectivity index (χ2n) is 10.2. The van der Waals surface area contributed by atoms with Crippen LogP contribution >= 0.6 is 0 Å². The molecule has 1 atom stereocenters. The summed E-state index contributed by atoms with van der Waals surface area (Å²) in [7, 11) is -0.242. The number of hydrogen-bond donors (Lipinski definition) is 3. The van der Waals surface area contributed by atoms with E-state index in [1.165, 1.54) is 24.3 Å². The maximum atomic E-state index is 13.7. The molecule has 0 fully saturated rings. The summed E-state index contributed by atoms with van der Waals surface area (Å²) in [5.41, 5.74) is 5.78. The largest absolute Gasteiger partial charge is 0.492 e. The summed E-state index contributed by atoms with van der Waals surface area (Å²) in [6, 6.07) is 8.27. The lowest BCUT2D eigenvalue weighted by Crippen LogP contribution is -2.56. The molecule has 36 heavy (non-hydrogen) atoms. The minimum absolute atomic E-state index is 0.143. The maximum Gasteiger partial charge on any atom is 0.492 e. The zero-order valence-corrected chi connectivity index (χ0v) is 22.6. The molecule has 2 rings (SSSR count). The zero-order valence-electron chi connectivity index (χ0n) is 22.6. The second kappa shape index (κ2) is 12.4. The minimum Gasteiger partial charge on any atom is -0.491 e. The topological polar surface area (TPSA) is 108 Å². The van der Waals surface area contributed by atoms with Crippen LogP contribution in [0.5, 0.6) is 5.75 Å². The van der Waals surface area contributed by atoms with Crippen molar-refractivity contribution in [1.29, 1.82) is 0 Å². The zero-order chi connectivity index (χ0) is 27.2. The van der Waals surface area contributed by atoms with E-state index < -0.39 is 13.0 Å². The number of nitrogens with one attached hydrogen (secondary N) is 1. The van der Waals surface area contributed by atoms with E-state index in [4.69, 9.17) is 9.47 Å². The summed E-state index contributed by atoms with van der Waals surface area (Å²) in [5, 5.41) is 21.0. The third-order valence-electron chi connectivity index (χ3n) is 6.10. The Balaban J connectivity index is 2.52. The lowest BCUT2D eigenvalue weighted by Gasteiger charge is -2.39. The van der Waals surface area contributed by atoms with Gasteiger partial charge in [-0.25, -0.2) is 5.01 Å². The number of carbonyl (C=O) groups excluding carboxylic acids is 2. The Morgan fingerprint density at radius 1 is 1.06 bits per heavy atom. The summed E-state index contributed by atoms with van der Waals surface area (Å²) in [5.74, 6) is -0.596. The number of benzene rings is 2. The second-order valence-corrected chi connectivity index (χ2v) is 10.2. The highest BCUT2D eigenvalue weighted by molar-refractivity contribution is 6.59.